The van der Waals surface area contributed by atoms with Crippen LogP contribution in [-0.4, -0.2) is 41.0 Å². The number of carbonyl (C=O) groups excluding carboxylic acids is 1. The first-order valence-corrected chi connectivity index (χ1v) is 8.23. The van der Waals surface area contributed by atoms with Crippen LogP contribution in [0.25, 0.3) is 0 Å². The van der Waals surface area contributed by atoms with Crippen LogP contribution in [0.1, 0.15) is 38.5 Å². The molecule has 4 rings (SSSR count). The van der Waals surface area contributed by atoms with E-state index < -0.39 is 0 Å². The Morgan fingerprint density at radius 3 is 2.67 bits per heavy atom. The average molecular weight is 285 g/mol. The van der Waals surface area contributed by atoms with Crippen LogP contribution in [0, 0.1) is 5.92 Å². The summed E-state index contributed by atoms with van der Waals surface area (Å²) in [6.45, 7) is 3.05. The Labute approximate surface area is 126 Å². The highest BCUT2D eigenvalue weighted by Gasteiger charge is 2.48. The number of hydrogen-bond donors (Lipinski definition) is 0. The second kappa shape index (κ2) is 5.00. The van der Waals surface area contributed by atoms with Crippen molar-refractivity contribution in [3.63, 3.8) is 0 Å². The van der Waals surface area contributed by atoms with Crippen molar-refractivity contribution in [2.75, 3.05) is 24.5 Å². The molecule has 0 N–H and O–H groups in total. The molecule has 1 aliphatic carbocycles. The summed E-state index contributed by atoms with van der Waals surface area (Å²) in [5.41, 5.74) is 0.158. The standard InChI is InChI=1S/C17H23N3O/c21-16-6-7-17(20(16)13-14-4-5-14)8-11-19(12-9-17)15-3-1-2-10-18-15/h1-3,10,14H,4-9,11-13H2. The summed E-state index contributed by atoms with van der Waals surface area (Å²) in [5.74, 6) is 2.26. The SMILES string of the molecule is O=C1CCC2(CCN(c3ccccn3)CC2)N1CC1CC1. The molecule has 3 heterocycles. The molecule has 1 spiro atoms. The molecule has 21 heavy (non-hydrogen) atoms. The maximum Gasteiger partial charge on any atom is 0.223 e. The monoisotopic (exact) mass is 285 g/mol. The zero-order chi connectivity index (χ0) is 14.3. The number of hydrogen-bond acceptors (Lipinski definition) is 3. The van der Waals surface area contributed by atoms with Gasteiger partial charge < -0.3 is 9.80 Å². The molecule has 0 unspecified atom stereocenters. The second-order valence-corrected chi connectivity index (χ2v) is 6.85. The van der Waals surface area contributed by atoms with E-state index in [0.717, 1.165) is 57.1 Å². The topological polar surface area (TPSA) is 36.4 Å². The van der Waals surface area contributed by atoms with E-state index in [1.54, 1.807) is 0 Å². The van der Waals surface area contributed by atoms with Crippen LogP contribution in [-0.2, 0) is 4.79 Å². The number of pyridine rings is 1. The van der Waals surface area contributed by atoms with Gasteiger partial charge in [-0.25, -0.2) is 4.98 Å². The number of anilines is 1. The molecule has 3 fully saturated rings. The molecule has 2 saturated heterocycles. The van der Waals surface area contributed by atoms with Gasteiger partial charge in [-0.05, 0) is 50.2 Å². The smallest absolute Gasteiger partial charge is 0.223 e. The molecule has 1 aromatic rings. The van der Waals surface area contributed by atoms with Gasteiger partial charge in [0.2, 0.25) is 5.91 Å². The quantitative estimate of drug-likeness (QED) is 0.856. The van der Waals surface area contributed by atoms with E-state index in [4.69, 9.17) is 0 Å². The summed E-state index contributed by atoms with van der Waals surface area (Å²) in [6, 6.07) is 6.09. The van der Waals surface area contributed by atoms with Gasteiger partial charge in [0, 0.05) is 37.8 Å². The number of rotatable bonds is 3. The minimum atomic E-state index is 0.158. The van der Waals surface area contributed by atoms with Crippen molar-refractivity contribution < 1.29 is 4.79 Å². The third-order valence-corrected chi connectivity index (χ3v) is 5.48. The van der Waals surface area contributed by atoms with Crippen LogP contribution < -0.4 is 4.90 Å². The van der Waals surface area contributed by atoms with Gasteiger partial charge in [0.15, 0.2) is 0 Å². The highest BCUT2D eigenvalue weighted by Crippen LogP contribution is 2.42. The maximum absolute atomic E-state index is 12.3. The Morgan fingerprint density at radius 1 is 1.19 bits per heavy atom. The first-order valence-electron chi connectivity index (χ1n) is 8.23. The summed E-state index contributed by atoms with van der Waals surface area (Å²) in [7, 11) is 0. The molecule has 112 valence electrons. The fraction of sp³-hybridized carbons (Fsp3) is 0.647. The molecular formula is C17H23N3O. The lowest BCUT2D eigenvalue weighted by molar-refractivity contribution is -0.132. The molecule has 1 saturated carbocycles. The fourth-order valence-corrected chi connectivity index (χ4v) is 3.94. The third kappa shape index (κ3) is 2.41. The van der Waals surface area contributed by atoms with Crippen LogP contribution in [0.3, 0.4) is 0 Å². The Bertz CT molecular complexity index is 518. The number of carbonyl (C=O) groups is 1. The average Bonchev–Trinajstić information content (AvgIpc) is 3.31. The van der Waals surface area contributed by atoms with Crippen molar-refractivity contribution in [1.82, 2.24) is 9.88 Å². The molecule has 4 nitrogen and oxygen atoms in total. The van der Waals surface area contributed by atoms with Crippen LogP contribution in [0.5, 0.6) is 0 Å². The zero-order valence-corrected chi connectivity index (χ0v) is 12.5. The summed E-state index contributed by atoms with van der Waals surface area (Å²) in [5, 5.41) is 0. The lowest BCUT2D eigenvalue weighted by Gasteiger charge is -2.45. The molecule has 3 aliphatic rings. The van der Waals surface area contributed by atoms with E-state index >= 15 is 0 Å². The van der Waals surface area contributed by atoms with E-state index in [9.17, 15) is 4.79 Å². The molecule has 4 heteroatoms. The Kier molecular flexibility index (Phi) is 3.12. The van der Waals surface area contributed by atoms with E-state index in [1.807, 2.05) is 18.3 Å². The third-order valence-electron chi connectivity index (χ3n) is 5.48. The van der Waals surface area contributed by atoms with Crippen molar-refractivity contribution in [3.8, 4) is 0 Å². The van der Waals surface area contributed by atoms with Gasteiger partial charge in [-0.15, -0.1) is 0 Å². The first-order chi connectivity index (χ1) is 10.3. The van der Waals surface area contributed by atoms with Gasteiger partial charge in [-0.2, -0.15) is 0 Å². The van der Waals surface area contributed by atoms with Gasteiger partial charge in [0.1, 0.15) is 5.82 Å². The first kappa shape index (κ1) is 13.1. The minimum absolute atomic E-state index is 0.158. The van der Waals surface area contributed by atoms with Crippen molar-refractivity contribution in [2.24, 2.45) is 5.92 Å². The minimum Gasteiger partial charge on any atom is -0.356 e. The number of amides is 1. The van der Waals surface area contributed by atoms with Gasteiger partial charge in [-0.3, -0.25) is 4.79 Å². The van der Waals surface area contributed by atoms with Crippen molar-refractivity contribution >= 4 is 11.7 Å². The van der Waals surface area contributed by atoms with E-state index in [1.165, 1.54) is 12.8 Å². The van der Waals surface area contributed by atoms with Crippen LogP contribution in [0.4, 0.5) is 5.82 Å². The summed E-state index contributed by atoms with van der Waals surface area (Å²) in [6.07, 6.45) is 8.52. The summed E-state index contributed by atoms with van der Waals surface area (Å²) in [4.78, 5) is 21.3. The van der Waals surface area contributed by atoms with Gasteiger partial charge in [-0.1, -0.05) is 6.07 Å². The Balaban J connectivity index is 1.46. The van der Waals surface area contributed by atoms with Crippen molar-refractivity contribution in [2.45, 2.75) is 44.1 Å². The lowest BCUT2D eigenvalue weighted by Crippen LogP contribution is -2.53. The molecule has 0 radical (unpaired) electrons. The van der Waals surface area contributed by atoms with Crippen molar-refractivity contribution in [3.05, 3.63) is 24.4 Å². The zero-order valence-electron chi connectivity index (χ0n) is 12.5. The molecule has 0 atom stereocenters. The predicted molar refractivity (Wildman–Crippen MR) is 82.1 cm³/mol. The van der Waals surface area contributed by atoms with Gasteiger partial charge >= 0.3 is 0 Å². The Hall–Kier alpha value is -1.58. The van der Waals surface area contributed by atoms with Crippen LogP contribution >= 0.6 is 0 Å². The highest BCUT2D eigenvalue weighted by molar-refractivity contribution is 5.80. The Morgan fingerprint density at radius 2 is 2.00 bits per heavy atom. The van der Waals surface area contributed by atoms with Gasteiger partial charge in [0.25, 0.3) is 0 Å². The molecular weight excluding hydrogens is 262 g/mol. The number of aromatic nitrogens is 1. The highest BCUT2D eigenvalue weighted by atomic mass is 16.2. The van der Waals surface area contributed by atoms with Crippen LogP contribution in [0.15, 0.2) is 24.4 Å². The van der Waals surface area contributed by atoms with E-state index in [0.29, 0.717) is 5.91 Å². The van der Waals surface area contributed by atoms with E-state index in [2.05, 4.69) is 20.9 Å². The largest absolute Gasteiger partial charge is 0.356 e. The lowest BCUT2D eigenvalue weighted by atomic mass is 9.84. The van der Waals surface area contributed by atoms with Gasteiger partial charge in [0.05, 0.1) is 0 Å². The van der Waals surface area contributed by atoms with E-state index in [-0.39, 0.29) is 5.54 Å². The maximum atomic E-state index is 12.3. The van der Waals surface area contributed by atoms with Crippen molar-refractivity contribution in [1.29, 1.82) is 0 Å². The number of likely N-dealkylation sites (tertiary alicyclic amines) is 1. The number of piperidine rings is 1. The normalized spacial score (nSPS) is 24.9. The molecule has 1 aromatic heterocycles. The molecule has 1 amide bonds. The fourth-order valence-electron chi connectivity index (χ4n) is 3.94. The molecule has 0 bridgehead atoms. The predicted octanol–water partition coefficient (Wildman–Crippen LogP) is 2.45. The molecule has 2 aliphatic heterocycles. The second-order valence-electron chi connectivity index (χ2n) is 6.85. The number of nitrogens with zero attached hydrogens (tertiary/aromatic N) is 3. The van der Waals surface area contributed by atoms with Crippen LogP contribution in [0.2, 0.25) is 0 Å². The molecule has 0 aromatic carbocycles. The summed E-state index contributed by atoms with van der Waals surface area (Å²) >= 11 is 0. The summed E-state index contributed by atoms with van der Waals surface area (Å²) < 4.78 is 0.